The summed E-state index contributed by atoms with van der Waals surface area (Å²) in [6.07, 6.45) is 5.76. The third-order valence-corrected chi connectivity index (χ3v) is 14.2. The van der Waals surface area contributed by atoms with E-state index >= 15 is 4.39 Å². The van der Waals surface area contributed by atoms with E-state index in [2.05, 4.69) is 30.5 Å². The van der Waals surface area contributed by atoms with Crippen molar-refractivity contribution in [1.29, 1.82) is 0 Å². The van der Waals surface area contributed by atoms with Crippen LogP contribution in [-0.4, -0.2) is 129 Å². The van der Waals surface area contributed by atoms with Gasteiger partial charge in [-0.3, -0.25) is 43.7 Å². The molecule has 0 spiro atoms. The Kier molecular flexibility index (Phi) is 12.5. The molecule has 4 aliphatic rings. The minimum Gasteiger partial charge on any atom is -0.392 e. The normalized spacial score (nSPS) is 17.7. The van der Waals surface area contributed by atoms with Crippen molar-refractivity contribution in [3.63, 3.8) is 0 Å². The first-order valence-electron chi connectivity index (χ1n) is 23.9. The summed E-state index contributed by atoms with van der Waals surface area (Å²) in [5.74, 6) is -1.13. The smallest absolute Gasteiger partial charge is 0.283 e. The Balaban J connectivity index is 0.764. The van der Waals surface area contributed by atoms with Gasteiger partial charge in [0.25, 0.3) is 17.0 Å². The number of aliphatic hydroxyl groups is 1. The molecule has 20 heteroatoms. The fraction of sp³-hybridized carbons (Fsp3) is 0.392. The molecule has 1 unspecified atom stereocenters. The molecule has 1 atom stereocenters. The van der Waals surface area contributed by atoms with Crippen molar-refractivity contribution in [3.8, 4) is 16.9 Å². The second-order valence-corrected chi connectivity index (χ2v) is 19.8. The number of benzene rings is 2. The quantitative estimate of drug-likeness (QED) is 0.160. The van der Waals surface area contributed by atoms with E-state index in [1.54, 1.807) is 42.4 Å². The van der Waals surface area contributed by atoms with Crippen molar-refractivity contribution in [2.75, 3.05) is 51.1 Å². The largest absolute Gasteiger partial charge is 0.392 e. The Bertz CT molecular complexity index is 3280. The second kappa shape index (κ2) is 18.7. The summed E-state index contributed by atoms with van der Waals surface area (Å²) in [5.41, 5.74) is 4.17. The molecule has 2 aromatic carbocycles. The number of halogens is 1. The van der Waals surface area contributed by atoms with Gasteiger partial charge < -0.3 is 29.7 Å². The van der Waals surface area contributed by atoms with Crippen LogP contribution in [0.4, 0.5) is 15.9 Å². The fourth-order valence-corrected chi connectivity index (χ4v) is 10.2. The summed E-state index contributed by atoms with van der Waals surface area (Å²) in [6.45, 7) is 11.1. The van der Waals surface area contributed by atoms with Crippen LogP contribution in [0.1, 0.15) is 71.9 Å². The summed E-state index contributed by atoms with van der Waals surface area (Å²) < 4.78 is 19.7. The van der Waals surface area contributed by atoms with E-state index in [1.165, 1.54) is 23.0 Å². The number of nitrogens with one attached hydrogen (secondary N) is 2. The highest BCUT2D eigenvalue weighted by atomic mass is 19.1. The summed E-state index contributed by atoms with van der Waals surface area (Å²) in [7, 11) is 1.60. The van der Waals surface area contributed by atoms with Crippen LogP contribution in [0.15, 0.2) is 76.7 Å². The van der Waals surface area contributed by atoms with E-state index in [4.69, 9.17) is 5.10 Å². The Morgan fingerprint density at radius 1 is 0.930 bits per heavy atom. The van der Waals surface area contributed by atoms with Crippen molar-refractivity contribution in [1.82, 2.24) is 54.0 Å². The molecule has 4 aliphatic heterocycles. The van der Waals surface area contributed by atoms with Gasteiger partial charge in [0.2, 0.25) is 17.7 Å². The lowest BCUT2D eigenvalue weighted by Gasteiger charge is -2.36. The van der Waals surface area contributed by atoms with Gasteiger partial charge in [-0.1, -0.05) is 32.9 Å². The highest BCUT2D eigenvalue weighted by Crippen LogP contribution is 2.32. The SMILES string of the molecule is Cn1cc(-c2ccnc(-n3ncc4cc(C(C)(C)C)cc(F)c4c3=O)c2CO)cc(Nc2cc3n(n2)CCN(C(=O)CN2CCN(CCc4cccc5c4CN(C4CCC(=O)NC4=O)C5=O)CC2)C3)c1=O. The van der Waals surface area contributed by atoms with Crippen molar-refractivity contribution >= 4 is 45.9 Å². The highest BCUT2D eigenvalue weighted by Gasteiger charge is 2.40. The maximum absolute atomic E-state index is 15.5. The molecular weight excluding hydrogens is 912 g/mol. The molecule has 0 aliphatic carbocycles. The standard InChI is InChI=1S/C51H55FN12O7/c1-51(2,3)33-20-31-24-54-64(50(71)45(31)39(52)22-33)46-38(29-65)35(10-12-53-46)32-21-40(49(70)58(4)25-32)55-42-23-34-26-61(18-19-63(34)57-42)44(67)28-60-16-14-59(15-17-60)13-11-30-6-5-7-36-37(30)27-62(48(36)69)41-8-9-43(66)56-47(41)68/h5-7,10,12,20-25,41,65H,8-9,11,13-19,26-29H2,1-4H3,(H,55,57)(H,56,66,68). The first-order valence-corrected chi connectivity index (χ1v) is 23.9. The number of anilines is 2. The van der Waals surface area contributed by atoms with E-state index < -0.39 is 29.9 Å². The Morgan fingerprint density at radius 3 is 2.48 bits per heavy atom. The van der Waals surface area contributed by atoms with Crippen molar-refractivity contribution in [3.05, 3.63) is 127 Å². The fourth-order valence-electron chi connectivity index (χ4n) is 10.2. The molecule has 71 heavy (non-hydrogen) atoms. The van der Waals surface area contributed by atoms with Crippen LogP contribution in [0.3, 0.4) is 0 Å². The first-order chi connectivity index (χ1) is 34.0. The lowest BCUT2D eigenvalue weighted by atomic mass is 9.86. The number of carbonyl (C=O) groups excluding carboxylic acids is 4. The molecule has 3 N–H and O–H groups in total. The number of imide groups is 1. The van der Waals surface area contributed by atoms with Gasteiger partial charge in [-0.2, -0.15) is 14.9 Å². The third kappa shape index (κ3) is 9.13. The lowest BCUT2D eigenvalue weighted by Crippen LogP contribution is -2.52. The Hall–Kier alpha value is -7.42. The predicted octanol–water partition coefficient (Wildman–Crippen LogP) is 2.98. The molecule has 2 saturated heterocycles. The molecule has 6 aromatic rings. The molecule has 0 bridgehead atoms. The van der Waals surface area contributed by atoms with Gasteiger partial charge in [0, 0.05) is 99.8 Å². The molecule has 4 amide bonds. The van der Waals surface area contributed by atoms with Gasteiger partial charge in [-0.25, -0.2) is 9.37 Å². The number of fused-ring (bicyclic) bond motifs is 3. The van der Waals surface area contributed by atoms with E-state index in [9.17, 15) is 33.9 Å². The van der Waals surface area contributed by atoms with Gasteiger partial charge >= 0.3 is 0 Å². The second-order valence-electron chi connectivity index (χ2n) is 19.8. The molecule has 4 aromatic heterocycles. The molecule has 0 radical (unpaired) electrons. The minimum absolute atomic E-state index is 0.0180. The number of amides is 4. The van der Waals surface area contributed by atoms with E-state index in [1.807, 2.05) is 48.6 Å². The predicted molar refractivity (Wildman–Crippen MR) is 260 cm³/mol. The maximum Gasteiger partial charge on any atom is 0.283 e. The summed E-state index contributed by atoms with van der Waals surface area (Å²) in [5, 5.41) is 25.5. The zero-order valence-electron chi connectivity index (χ0n) is 40.1. The number of aryl methyl sites for hydroxylation is 1. The number of piperidine rings is 1. The number of hydrogen-bond donors (Lipinski definition) is 3. The monoisotopic (exact) mass is 966 g/mol. The van der Waals surface area contributed by atoms with E-state index in [0.29, 0.717) is 60.5 Å². The third-order valence-electron chi connectivity index (χ3n) is 14.2. The number of nitrogens with zero attached hydrogens (tertiary/aromatic N) is 10. The first kappa shape index (κ1) is 47.3. The van der Waals surface area contributed by atoms with Crippen molar-refractivity contribution < 1.29 is 28.7 Å². The van der Waals surface area contributed by atoms with Crippen molar-refractivity contribution in [2.45, 2.75) is 77.7 Å². The van der Waals surface area contributed by atoms with Crippen LogP contribution >= 0.6 is 0 Å². The van der Waals surface area contributed by atoms with Crippen molar-refractivity contribution in [2.24, 2.45) is 7.05 Å². The molecule has 0 saturated carbocycles. The number of hydrogen-bond acceptors (Lipinski definition) is 13. The van der Waals surface area contributed by atoms with Gasteiger partial charge in [0.05, 0.1) is 43.5 Å². The summed E-state index contributed by atoms with van der Waals surface area (Å²) >= 11 is 0. The van der Waals surface area contributed by atoms with Crippen LogP contribution in [-0.2, 0) is 59.5 Å². The molecule has 19 nitrogen and oxygen atoms in total. The van der Waals surface area contributed by atoms with Gasteiger partial charge in [0.1, 0.15) is 17.5 Å². The maximum atomic E-state index is 15.5. The number of carbonyl (C=O) groups is 4. The van der Waals surface area contributed by atoms with Gasteiger partial charge in [-0.15, -0.1) is 0 Å². The highest BCUT2D eigenvalue weighted by molar-refractivity contribution is 6.05. The minimum atomic E-state index is -0.727. The number of pyridine rings is 2. The number of rotatable bonds is 11. The zero-order valence-corrected chi connectivity index (χ0v) is 40.1. The molecule has 10 rings (SSSR count). The van der Waals surface area contributed by atoms with Crippen LogP contribution in [0.5, 0.6) is 0 Å². The lowest BCUT2D eigenvalue weighted by molar-refractivity contribution is -0.137. The Morgan fingerprint density at radius 2 is 1.72 bits per heavy atom. The van der Waals surface area contributed by atoms with Gasteiger partial charge in [0.15, 0.2) is 11.6 Å². The molecule has 368 valence electrons. The van der Waals surface area contributed by atoms with Gasteiger partial charge in [-0.05, 0) is 70.8 Å². The summed E-state index contributed by atoms with van der Waals surface area (Å²) in [6, 6.07) is 13.3. The molecule has 8 heterocycles. The van der Waals surface area contributed by atoms with Crippen LogP contribution in [0, 0.1) is 5.82 Å². The van der Waals surface area contributed by atoms with E-state index in [-0.39, 0.29) is 64.1 Å². The number of aliphatic hydroxyl groups excluding tert-OH is 1. The number of aromatic nitrogens is 6. The van der Waals surface area contributed by atoms with Crippen LogP contribution in [0.2, 0.25) is 0 Å². The zero-order chi connectivity index (χ0) is 49.9. The molecular formula is C51H55FN12O7. The Labute approximate surface area is 407 Å². The van der Waals surface area contributed by atoms with Crippen LogP contribution < -0.4 is 21.8 Å². The van der Waals surface area contributed by atoms with Crippen LogP contribution in [0.25, 0.3) is 27.7 Å². The number of piperazine rings is 1. The topological polar surface area (TPSA) is 213 Å². The van der Waals surface area contributed by atoms with E-state index in [0.717, 1.165) is 66.2 Å². The molecule has 2 fully saturated rings. The summed E-state index contributed by atoms with van der Waals surface area (Å²) in [4.78, 5) is 90.9. The average Bonchev–Trinajstić information content (AvgIpc) is 3.91. The average molecular weight is 967 g/mol.